The first-order valence-corrected chi connectivity index (χ1v) is 22.8. The standard InChI is InChI=1S/C43H74NO10P/c1-7-9-18-24-37-31-34(3)39(52-37)25-19-14-10-12-16-21-27-42(45)49-32-38(33-51-55(47,48)50-30-29-44-6)53-43(46)28-22-17-13-11-15-20-26-41-36(5)35(4)40(54-41)23-8-2/h31,38,44H,7-30,32-33H2,1-6H3,(H,47,48)/t38-/m1/s1. The molecule has 0 saturated heterocycles. The van der Waals surface area contributed by atoms with Crippen molar-refractivity contribution in [2.24, 2.45) is 0 Å². The summed E-state index contributed by atoms with van der Waals surface area (Å²) in [5.41, 5.74) is 3.82. The van der Waals surface area contributed by atoms with Gasteiger partial charge in [0, 0.05) is 45.1 Å². The van der Waals surface area contributed by atoms with Crippen molar-refractivity contribution >= 4 is 19.8 Å². The molecule has 0 saturated carbocycles. The Hall–Kier alpha value is -2.43. The lowest BCUT2D eigenvalue weighted by Crippen LogP contribution is -2.29. The third-order valence-electron chi connectivity index (χ3n) is 10.0. The molecule has 316 valence electrons. The number of rotatable bonds is 34. The average Bonchev–Trinajstić information content (AvgIpc) is 3.64. The van der Waals surface area contributed by atoms with Gasteiger partial charge in [0.2, 0.25) is 0 Å². The number of phosphoric ester groups is 1. The highest BCUT2D eigenvalue weighted by Gasteiger charge is 2.26. The third-order valence-corrected chi connectivity index (χ3v) is 11.0. The van der Waals surface area contributed by atoms with Crippen molar-refractivity contribution in [3.05, 3.63) is 45.8 Å². The average molecular weight is 796 g/mol. The Morgan fingerprint density at radius 1 is 0.691 bits per heavy atom. The highest BCUT2D eigenvalue weighted by Crippen LogP contribution is 2.43. The summed E-state index contributed by atoms with van der Waals surface area (Å²) in [6.07, 6.45) is 19.8. The zero-order valence-corrected chi connectivity index (χ0v) is 36.0. The van der Waals surface area contributed by atoms with Crippen LogP contribution >= 0.6 is 7.82 Å². The van der Waals surface area contributed by atoms with Gasteiger partial charge in [-0.1, -0.05) is 78.1 Å². The van der Waals surface area contributed by atoms with Gasteiger partial charge in [-0.2, -0.15) is 0 Å². The Morgan fingerprint density at radius 3 is 1.87 bits per heavy atom. The normalized spacial score (nSPS) is 13.2. The first kappa shape index (κ1) is 48.7. The molecule has 0 aliphatic heterocycles. The van der Waals surface area contributed by atoms with E-state index in [9.17, 15) is 19.0 Å². The highest BCUT2D eigenvalue weighted by molar-refractivity contribution is 7.47. The highest BCUT2D eigenvalue weighted by atomic mass is 31.2. The number of phosphoric acid groups is 1. The van der Waals surface area contributed by atoms with Crippen LogP contribution in [0.2, 0.25) is 0 Å². The molecule has 2 atom stereocenters. The van der Waals surface area contributed by atoms with Crippen molar-refractivity contribution < 1.29 is 46.4 Å². The summed E-state index contributed by atoms with van der Waals surface area (Å²) in [7, 11) is -2.68. The van der Waals surface area contributed by atoms with E-state index in [2.05, 4.69) is 46.0 Å². The monoisotopic (exact) mass is 796 g/mol. The van der Waals surface area contributed by atoms with E-state index >= 15 is 0 Å². The molecule has 12 heteroatoms. The zero-order valence-electron chi connectivity index (χ0n) is 35.1. The number of aryl methyl sites for hydroxylation is 5. The molecule has 1 unspecified atom stereocenters. The topological polar surface area (TPSA) is 147 Å². The lowest BCUT2D eigenvalue weighted by molar-refractivity contribution is -0.161. The van der Waals surface area contributed by atoms with E-state index in [0.29, 0.717) is 19.4 Å². The van der Waals surface area contributed by atoms with Crippen LogP contribution in [-0.4, -0.2) is 56.3 Å². The zero-order chi connectivity index (χ0) is 40.3. The van der Waals surface area contributed by atoms with Crippen LogP contribution in [0, 0.1) is 20.8 Å². The summed E-state index contributed by atoms with van der Waals surface area (Å²) < 4.78 is 45.5. The van der Waals surface area contributed by atoms with Crippen LogP contribution in [-0.2, 0) is 58.4 Å². The second-order valence-electron chi connectivity index (χ2n) is 15.0. The Balaban J connectivity index is 1.65. The minimum atomic E-state index is -4.38. The fourth-order valence-electron chi connectivity index (χ4n) is 6.56. The van der Waals surface area contributed by atoms with Gasteiger partial charge in [-0.15, -0.1) is 0 Å². The van der Waals surface area contributed by atoms with Gasteiger partial charge in [0.1, 0.15) is 29.6 Å². The van der Waals surface area contributed by atoms with Crippen molar-refractivity contribution in [2.45, 2.75) is 182 Å². The molecule has 0 bridgehead atoms. The number of carbonyl (C=O) groups excluding carboxylic acids is 2. The first-order valence-electron chi connectivity index (χ1n) is 21.3. The first-order chi connectivity index (χ1) is 26.5. The van der Waals surface area contributed by atoms with Crippen LogP contribution in [0.25, 0.3) is 0 Å². The number of nitrogens with one attached hydrogen (secondary N) is 1. The molecule has 2 N–H and O–H groups in total. The van der Waals surface area contributed by atoms with E-state index in [1.165, 1.54) is 36.0 Å². The van der Waals surface area contributed by atoms with Crippen LogP contribution in [0.15, 0.2) is 14.9 Å². The fourth-order valence-corrected chi connectivity index (χ4v) is 7.31. The molecular weight excluding hydrogens is 721 g/mol. The van der Waals surface area contributed by atoms with Gasteiger partial charge < -0.3 is 28.5 Å². The van der Waals surface area contributed by atoms with E-state index in [-0.39, 0.29) is 26.1 Å². The van der Waals surface area contributed by atoms with Crippen molar-refractivity contribution in [3.8, 4) is 0 Å². The second kappa shape index (κ2) is 28.9. The van der Waals surface area contributed by atoms with Crippen LogP contribution in [0.5, 0.6) is 0 Å². The van der Waals surface area contributed by atoms with E-state index in [1.807, 2.05) is 0 Å². The summed E-state index contributed by atoms with van der Waals surface area (Å²) in [6.45, 7) is 10.4. The molecule has 2 aromatic heterocycles. The lowest BCUT2D eigenvalue weighted by Gasteiger charge is -2.20. The molecule has 11 nitrogen and oxygen atoms in total. The Bertz CT molecular complexity index is 1390. The summed E-state index contributed by atoms with van der Waals surface area (Å²) in [4.78, 5) is 35.2. The maximum absolute atomic E-state index is 12.7. The van der Waals surface area contributed by atoms with Crippen molar-refractivity contribution in [3.63, 3.8) is 0 Å². The third kappa shape index (κ3) is 21.6. The van der Waals surface area contributed by atoms with E-state index < -0.39 is 32.5 Å². The molecule has 0 fully saturated rings. The van der Waals surface area contributed by atoms with Crippen LogP contribution in [0.4, 0.5) is 0 Å². The SMILES string of the molecule is CCCCCc1cc(C)c(CCCCCCCCC(=O)OC[C@H](COP(=O)(O)OCCNC)OC(=O)CCCCCCCCc2oc(CCC)c(C)c2C)o1. The fraction of sp³-hybridized carbons (Fsp3) is 0.767. The minimum absolute atomic E-state index is 0.0323. The predicted octanol–water partition coefficient (Wildman–Crippen LogP) is 10.5. The number of furan rings is 2. The van der Waals surface area contributed by atoms with Gasteiger partial charge >= 0.3 is 19.8 Å². The summed E-state index contributed by atoms with van der Waals surface area (Å²) in [5.74, 6) is 3.58. The molecular formula is C43H74NO10P. The van der Waals surface area contributed by atoms with Crippen molar-refractivity contribution in [1.29, 1.82) is 0 Å². The van der Waals surface area contributed by atoms with Crippen LogP contribution < -0.4 is 5.32 Å². The summed E-state index contributed by atoms with van der Waals surface area (Å²) in [5, 5.41) is 2.82. The molecule has 0 aromatic carbocycles. The molecule has 2 aromatic rings. The largest absolute Gasteiger partial charge is 0.472 e. The predicted molar refractivity (Wildman–Crippen MR) is 217 cm³/mol. The Morgan fingerprint density at radius 2 is 1.25 bits per heavy atom. The van der Waals surface area contributed by atoms with Crippen molar-refractivity contribution in [2.75, 3.05) is 33.4 Å². The summed E-state index contributed by atoms with van der Waals surface area (Å²) in [6, 6.07) is 2.19. The van der Waals surface area contributed by atoms with Gasteiger partial charge in [0.15, 0.2) is 6.10 Å². The second-order valence-corrected chi connectivity index (χ2v) is 16.4. The molecule has 0 aliphatic carbocycles. The van der Waals surface area contributed by atoms with Crippen LogP contribution in [0.1, 0.15) is 169 Å². The van der Waals surface area contributed by atoms with Gasteiger partial charge in [0.25, 0.3) is 0 Å². The molecule has 2 heterocycles. The van der Waals surface area contributed by atoms with E-state index in [4.69, 9.17) is 27.4 Å². The number of carbonyl (C=O) groups is 2. The molecule has 55 heavy (non-hydrogen) atoms. The molecule has 2 rings (SSSR count). The molecule has 0 spiro atoms. The van der Waals surface area contributed by atoms with Gasteiger partial charge in [-0.3, -0.25) is 18.6 Å². The number of esters is 2. The van der Waals surface area contributed by atoms with Gasteiger partial charge in [0.05, 0.1) is 13.2 Å². The van der Waals surface area contributed by atoms with Crippen LogP contribution in [0.3, 0.4) is 0 Å². The van der Waals surface area contributed by atoms with E-state index in [1.54, 1.807) is 7.05 Å². The maximum atomic E-state index is 12.7. The Kier molecular flexibility index (Phi) is 25.6. The lowest BCUT2D eigenvalue weighted by atomic mass is 10.0. The number of likely N-dealkylation sites (N-methyl/N-ethyl adjacent to an activating group) is 1. The van der Waals surface area contributed by atoms with Gasteiger partial charge in [-0.25, -0.2) is 4.57 Å². The number of ether oxygens (including phenoxy) is 2. The smallest absolute Gasteiger partial charge is 0.466 e. The Labute approximate surface area is 332 Å². The molecule has 0 aliphatic rings. The van der Waals surface area contributed by atoms with Crippen molar-refractivity contribution in [1.82, 2.24) is 5.32 Å². The maximum Gasteiger partial charge on any atom is 0.472 e. The molecule has 0 radical (unpaired) electrons. The molecule has 0 amide bonds. The van der Waals surface area contributed by atoms with Gasteiger partial charge in [-0.05, 0) is 89.1 Å². The number of hydrogen-bond donors (Lipinski definition) is 2. The quantitative estimate of drug-likeness (QED) is 0.0396. The minimum Gasteiger partial charge on any atom is -0.466 e. The summed E-state index contributed by atoms with van der Waals surface area (Å²) >= 11 is 0. The van der Waals surface area contributed by atoms with E-state index in [0.717, 1.165) is 119 Å². The number of hydrogen-bond acceptors (Lipinski definition) is 10. The number of unbranched alkanes of at least 4 members (excludes halogenated alkanes) is 12.